The van der Waals surface area contributed by atoms with Crippen LogP contribution in [-0.4, -0.2) is 34.9 Å². The van der Waals surface area contributed by atoms with Crippen LogP contribution in [0.3, 0.4) is 0 Å². The van der Waals surface area contributed by atoms with E-state index >= 15 is 0 Å². The summed E-state index contributed by atoms with van der Waals surface area (Å²) in [5.74, 6) is -0.762. The summed E-state index contributed by atoms with van der Waals surface area (Å²) in [6.45, 7) is 2.06. The third-order valence-electron chi connectivity index (χ3n) is 4.28. The molecule has 6 nitrogen and oxygen atoms in total. The lowest BCUT2D eigenvalue weighted by Gasteiger charge is -2.21. The number of carbonyl (C=O) groups is 2. The molecule has 0 unspecified atom stereocenters. The zero-order chi connectivity index (χ0) is 21.5. The molecule has 1 amide bonds. The third-order valence-corrected chi connectivity index (χ3v) is 4.91. The number of likely N-dealkylation sites (N-methyl/N-ethyl adjacent to an activating group) is 1. The van der Waals surface area contributed by atoms with Crippen LogP contribution in [-0.2, 0) is 22.7 Å². The van der Waals surface area contributed by atoms with Crippen LogP contribution in [0.15, 0.2) is 59.4 Å². The number of carbonyl (C=O) groups excluding carboxylic acids is 2. The molecule has 8 heteroatoms. The summed E-state index contributed by atoms with van der Waals surface area (Å²) in [6, 6.07) is 12.5. The Labute approximate surface area is 177 Å². The third kappa shape index (κ3) is 5.87. The minimum Gasteiger partial charge on any atom is -0.487 e. The van der Waals surface area contributed by atoms with Crippen LogP contribution in [0, 0.1) is 5.82 Å². The first-order chi connectivity index (χ1) is 14.4. The quantitative estimate of drug-likeness (QED) is 0.506. The molecule has 156 valence electrons. The van der Waals surface area contributed by atoms with Crippen molar-refractivity contribution >= 4 is 23.2 Å². The van der Waals surface area contributed by atoms with E-state index in [0.29, 0.717) is 23.5 Å². The van der Waals surface area contributed by atoms with E-state index in [1.807, 2.05) is 5.38 Å². The Morgan fingerprint density at radius 3 is 2.63 bits per heavy atom. The van der Waals surface area contributed by atoms with E-state index in [1.165, 1.54) is 35.3 Å². The summed E-state index contributed by atoms with van der Waals surface area (Å²) in [6.07, 6.45) is -0.975. The minimum atomic E-state index is -0.975. The largest absolute Gasteiger partial charge is 0.487 e. The maximum Gasteiger partial charge on any atom is 0.338 e. The fourth-order valence-electron chi connectivity index (χ4n) is 2.73. The van der Waals surface area contributed by atoms with Gasteiger partial charge in [-0.2, -0.15) is 0 Å². The zero-order valence-corrected chi connectivity index (χ0v) is 17.4. The normalized spacial score (nSPS) is 11.6. The summed E-state index contributed by atoms with van der Waals surface area (Å²) in [7, 11) is 1.58. The number of hydrogen-bond donors (Lipinski definition) is 0. The Balaban J connectivity index is 1.51. The van der Waals surface area contributed by atoms with Gasteiger partial charge in [0.05, 0.1) is 16.8 Å². The average molecular weight is 428 g/mol. The fourth-order valence-corrected chi connectivity index (χ4v) is 3.27. The highest BCUT2D eigenvalue weighted by Crippen LogP contribution is 2.16. The predicted octanol–water partition coefficient (Wildman–Crippen LogP) is 4.07. The van der Waals surface area contributed by atoms with Gasteiger partial charge in [-0.05, 0) is 48.9 Å². The van der Waals surface area contributed by atoms with Crippen LogP contribution >= 0.6 is 11.3 Å². The van der Waals surface area contributed by atoms with E-state index in [-0.39, 0.29) is 18.3 Å². The number of halogens is 1. The molecule has 0 spiro atoms. The van der Waals surface area contributed by atoms with E-state index in [0.717, 1.165) is 5.69 Å². The van der Waals surface area contributed by atoms with Crippen molar-refractivity contribution in [3.05, 3.63) is 82.1 Å². The zero-order valence-electron chi connectivity index (χ0n) is 16.6. The molecule has 3 aromatic rings. The molecular formula is C22H21FN2O4S. The highest BCUT2D eigenvalue weighted by atomic mass is 32.1. The number of amides is 1. The molecule has 2 aromatic carbocycles. The van der Waals surface area contributed by atoms with Gasteiger partial charge in [0.15, 0.2) is 6.10 Å². The van der Waals surface area contributed by atoms with Crippen LogP contribution in [0.4, 0.5) is 4.39 Å². The van der Waals surface area contributed by atoms with Crippen molar-refractivity contribution in [3.63, 3.8) is 0 Å². The van der Waals surface area contributed by atoms with Crippen LogP contribution in [0.5, 0.6) is 5.75 Å². The lowest BCUT2D eigenvalue weighted by atomic mass is 10.2. The molecule has 0 aliphatic heterocycles. The Bertz CT molecular complexity index is 993. The maximum atomic E-state index is 13.3. The lowest BCUT2D eigenvalue weighted by molar-refractivity contribution is -0.139. The molecular weight excluding hydrogens is 407 g/mol. The van der Waals surface area contributed by atoms with Crippen LogP contribution in [0.25, 0.3) is 0 Å². The first kappa shape index (κ1) is 21.4. The molecule has 1 aromatic heterocycles. The van der Waals surface area contributed by atoms with Gasteiger partial charge >= 0.3 is 5.97 Å². The smallest absolute Gasteiger partial charge is 0.338 e. The maximum absolute atomic E-state index is 13.3. The molecule has 3 rings (SSSR count). The fraction of sp³-hybridized carbons (Fsp3) is 0.227. The second-order valence-corrected chi connectivity index (χ2v) is 7.38. The van der Waals surface area contributed by atoms with E-state index in [2.05, 4.69) is 4.98 Å². The molecule has 30 heavy (non-hydrogen) atoms. The lowest BCUT2D eigenvalue weighted by Crippen LogP contribution is -2.37. The molecule has 1 atom stereocenters. The molecule has 1 heterocycles. The van der Waals surface area contributed by atoms with Crippen molar-refractivity contribution in [1.82, 2.24) is 9.88 Å². The van der Waals surface area contributed by atoms with E-state index in [9.17, 15) is 14.0 Å². The molecule has 0 fully saturated rings. The highest BCUT2D eigenvalue weighted by Gasteiger charge is 2.22. The van der Waals surface area contributed by atoms with Crippen molar-refractivity contribution in [1.29, 1.82) is 0 Å². The van der Waals surface area contributed by atoms with E-state index < -0.39 is 12.1 Å². The van der Waals surface area contributed by atoms with Gasteiger partial charge in [-0.3, -0.25) is 4.79 Å². The van der Waals surface area contributed by atoms with Crippen LogP contribution in [0.2, 0.25) is 0 Å². The Morgan fingerprint density at radius 2 is 1.97 bits per heavy atom. The van der Waals surface area contributed by atoms with Gasteiger partial charge in [-0.25, -0.2) is 14.2 Å². The predicted molar refractivity (Wildman–Crippen MR) is 111 cm³/mol. The number of ether oxygens (including phenoxy) is 2. The topological polar surface area (TPSA) is 68.7 Å². The standard InChI is InChI=1S/C22H21FN2O4S/c1-15(21(26)25(2)11-16-4-3-5-18(23)10-16)29-22(27)17-6-8-20(9-7-17)28-12-19-13-30-14-24-19/h3-10,13-15H,11-12H2,1-2H3/t15-/m1/s1. The molecule has 0 aliphatic carbocycles. The average Bonchev–Trinajstić information content (AvgIpc) is 3.25. The molecule has 0 N–H and O–H groups in total. The number of hydrogen-bond acceptors (Lipinski definition) is 6. The van der Waals surface area contributed by atoms with Crippen molar-refractivity contribution < 1.29 is 23.5 Å². The number of esters is 1. The summed E-state index contributed by atoms with van der Waals surface area (Å²) < 4.78 is 24.2. The van der Waals surface area contributed by atoms with Gasteiger partial charge in [-0.1, -0.05) is 12.1 Å². The van der Waals surface area contributed by atoms with Gasteiger partial charge in [0.25, 0.3) is 5.91 Å². The van der Waals surface area contributed by atoms with Gasteiger partial charge in [0.1, 0.15) is 18.2 Å². The van der Waals surface area contributed by atoms with Crippen molar-refractivity contribution in [2.75, 3.05) is 7.05 Å². The second-order valence-electron chi connectivity index (χ2n) is 6.66. The molecule has 0 saturated heterocycles. The Morgan fingerprint density at radius 1 is 1.20 bits per heavy atom. The minimum absolute atomic E-state index is 0.212. The van der Waals surface area contributed by atoms with Gasteiger partial charge < -0.3 is 14.4 Å². The molecule has 0 saturated carbocycles. The number of rotatable bonds is 8. The number of thiazole rings is 1. The second kappa shape index (κ2) is 9.98. The monoisotopic (exact) mass is 428 g/mol. The van der Waals surface area contributed by atoms with E-state index in [4.69, 9.17) is 9.47 Å². The Hall–Kier alpha value is -3.26. The Kier molecular flexibility index (Phi) is 7.13. The van der Waals surface area contributed by atoms with Crippen LogP contribution in [0.1, 0.15) is 28.5 Å². The van der Waals surface area contributed by atoms with Gasteiger partial charge in [0, 0.05) is 19.0 Å². The first-order valence-electron chi connectivity index (χ1n) is 9.22. The van der Waals surface area contributed by atoms with Crippen molar-refractivity contribution in [2.24, 2.45) is 0 Å². The number of benzene rings is 2. The molecule has 0 bridgehead atoms. The molecule has 0 radical (unpaired) electrons. The summed E-state index contributed by atoms with van der Waals surface area (Å²) in [5.41, 5.74) is 3.52. The van der Waals surface area contributed by atoms with Crippen LogP contribution < -0.4 is 4.74 Å². The number of aromatic nitrogens is 1. The van der Waals surface area contributed by atoms with E-state index in [1.54, 1.807) is 49.0 Å². The highest BCUT2D eigenvalue weighted by molar-refractivity contribution is 7.07. The SMILES string of the molecule is C[C@@H](OC(=O)c1ccc(OCc2cscn2)cc1)C(=O)N(C)Cc1cccc(F)c1. The van der Waals surface area contributed by atoms with Crippen molar-refractivity contribution in [3.8, 4) is 5.75 Å². The van der Waals surface area contributed by atoms with Gasteiger partial charge in [-0.15, -0.1) is 11.3 Å². The van der Waals surface area contributed by atoms with Gasteiger partial charge in [0.2, 0.25) is 0 Å². The summed E-state index contributed by atoms with van der Waals surface area (Å²) in [4.78, 5) is 30.4. The molecule has 0 aliphatic rings. The first-order valence-corrected chi connectivity index (χ1v) is 10.2. The summed E-state index contributed by atoms with van der Waals surface area (Å²) in [5, 5.41) is 1.90. The number of nitrogens with zero attached hydrogens (tertiary/aromatic N) is 2. The van der Waals surface area contributed by atoms with Crippen molar-refractivity contribution in [2.45, 2.75) is 26.2 Å². The summed E-state index contributed by atoms with van der Waals surface area (Å²) >= 11 is 1.49.